The molecule has 144 valence electrons. The topological polar surface area (TPSA) is 95.5 Å². The Morgan fingerprint density at radius 1 is 1.03 bits per heavy atom. The van der Waals surface area contributed by atoms with E-state index in [-0.39, 0.29) is 16.5 Å². The number of nitro groups is 1. The molecule has 0 saturated carbocycles. The van der Waals surface area contributed by atoms with E-state index >= 15 is 0 Å². The Morgan fingerprint density at radius 3 is 2.83 bits per heavy atom. The SMILES string of the molecule is O=[N+]([O-])c1cccc(C2c3ccc4ccccc4c3Oc3ncn4ncnc4c32)c1. The molecule has 3 heterocycles. The molecule has 8 heteroatoms. The average Bonchev–Trinajstić information content (AvgIpc) is 3.26. The highest BCUT2D eigenvalue weighted by Gasteiger charge is 2.34. The van der Waals surface area contributed by atoms with E-state index in [4.69, 9.17) is 4.74 Å². The smallest absolute Gasteiger partial charge is 0.269 e. The molecule has 1 aliphatic rings. The highest BCUT2D eigenvalue weighted by atomic mass is 16.6. The van der Waals surface area contributed by atoms with Crippen LogP contribution < -0.4 is 4.74 Å². The molecule has 30 heavy (non-hydrogen) atoms. The lowest BCUT2D eigenvalue weighted by Crippen LogP contribution is -2.15. The maximum absolute atomic E-state index is 11.4. The number of nitro benzene ring substituents is 1. The number of nitrogens with zero attached hydrogens (tertiary/aromatic N) is 5. The van der Waals surface area contributed by atoms with E-state index in [0.29, 0.717) is 17.3 Å². The van der Waals surface area contributed by atoms with E-state index in [1.165, 1.54) is 12.4 Å². The number of aromatic nitrogens is 4. The molecular weight excluding hydrogens is 382 g/mol. The van der Waals surface area contributed by atoms with Crippen LogP contribution in [0.5, 0.6) is 11.6 Å². The predicted molar refractivity (Wildman–Crippen MR) is 109 cm³/mol. The van der Waals surface area contributed by atoms with Gasteiger partial charge in [0.05, 0.1) is 10.5 Å². The third-order valence-corrected chi connectivity index (χ3v) is 5.45. The lowest BCUT2D eigenvalue weighted by atomic mass is 9.82. The summed E-state index contributed by atoms with van der Waals surface area (Å²) in [5, 5.41) is 17.6. The van der Waals surface area contributed by atoms with Crippen molar-refractivity contribution in [3.05, 3.63) is 100 Å². The Morgan fingerprint density at radius 2 is 1.93 bits per heavy atom. The van der Waals surface area contributed by atoms with E-state index in [1.807, 2.05) is 42.5 Å². The van der Waals surface area contributed by atoms with E-state index in [2.05, 4.69) is 15.1 Å². The first-order chi connectivity index (χ1) is 14.7. The van der Waals surface area contributed by atoms with Crippen molar-refractivity contribution < 1.29 is 9.66 Å². The van der Waals surface area contributed by atoms with Crippen LogP contribution in [0.1, 0.15) is 22.6 Å². The zero-order valence-corrected chi connectivity index (χ0v) is 15.5. The van der Waals surface area contributed by atoms with Crippen LogP contribution in [0.4, 0.5) is 5.69 Å². The molecule has 1 unspecified atom stereocenters. The van der Waals surface area contributed by atoms with E-state index in [9.17, 15) is 10.1 Å². The molecule has 5 aromatic rings. The average molecular weight is 395 g/mol. The maximum Gasteiger partial charge on any atom is 0.269 e. The van der Waals surface area contributed by atoms with Crippen molar-refractivity contribution in [2.24, 2.45) is 0 Å². The van der Waals surface area contributed by atoms with Crippen LogP contribution in [0.2, 0.25) is 0 Å². The van der Waals surface area contributed by atoms with Gasteiger partial charge in [-0.05, 0) is 10.9 Å². The first kappa shape index (κ1) is 16.6. The molecule has 6 rings (SSSR count). The molecule has 3 aromatic carbocycles. The lowest BCUT2D eigenvalue weighted by molar-refractivity contribution is -0.384. The fourth-order valence-electron chi connectivity index (χ4n) is 4.15. The minimum Gasteiger partial charge on any atom is -0.438 e. The molecule has 0 N–H and O–H groups in total. The fourth-order valence-corrected chi connectivity index (χ4v) is 4.15. The highest BCUT2D eigenvalue weighted by molar-refractivity contribution is 5.91. The number of fused-ring (bicyclic) bond motifs is 6. The Kier molecular flexibility index (Phi) is 3.37. The van der Waals surface area contributed by atoms with Gasteiger partial charge in [0.15, 0.2) is 5.65 Å². The number of ether oxygens (including phenoxy) is 1. The summed E-state index contributed by atoms with van der Waals surface area (Å²) in [6.07, 6.45) is 3.01. The zero-order chi connectivity index (χ0) is 20.2. The highest BCUT2D eigenvalue weighted by Crippen LogP contribution is 2.50. The molecule has 0 amide bonds. The van der Waals surface area contributed by atoms with Crippen LogP contribution in [0.25, 0.3) is 16.4 Å². The van der Waals surface area contributed by atoms with Crippen LogP contribution in [0.15, 0.2) is 73.3 Å². The largest absolute Gasteiger partial charge is 0.438 e. The Balaban J connectivity index is 1.70. The molecular formula is C22H13N5O3. The van der Waals surface area contributed by atoms with Gasteiger partial charge < -0.3 is 4.74 Å². The van der Waals surface area contributed by atoms with Gasteiger partial charge >= 0.3 is 0 Å². The summed E-state index contributed by atoms with van der Waals surface area (Å²) < 4.78 is 7.85. The van der Waals surface area contributed by atoms with Gasteiger partial charge in [0.2, 0.25) is 5.88 Å². The summed E-state index contributed by atoms with van der Waals surface area (Å²) in [6.45, 7) is 0. The Bertz CT molecular complexity index is 1480. The van der Waals surface area contributed by atoms with Gasteiger partial charge in [-0.15, -0.1) is 0 Å². The summed E-state index contributed by atoms with van der Waals surface area (Å²) in [7, 11) is 0. The normalized spacial score (nSPS) is 14.9. The fraction of sp³-hybridized carbons (Fsp3) is 0.0455. The van der Waals surface area contributed by atoms with Gasteiger partial charge in [-0.25, -0.2) is 14.5 Å². The molecule has 1 atom stereocenters. The van der Waals surface area contributed by atoms with Crippen molar-refractivity contribution in [3.63, 3.8) is 0 Å². The molecule has 1 aliphatic heterocycles. The van der Waals surface area contributed by atoms with Gasteiger partial charge in [-0.2, -0.15) is 5.10 Å². The summed E-state index contributed by atoms with van der Waals surface area (Å²) >= 11 is 0. The van der Waals surface area contributed by atoms with Crippen molar-refractivity contribution in [1.82, 2.24) is 19.6 Å². The van der Waals surface area contributed by atoms with Crippen LogP contribution in [-0.2, 0) is 0 Å². The Labute approximate surface area is 169 Å². The summed E-state index contributed by atoms with van der Waals surface area (Å²) in [5.74, 6) is 0.790. The van der Waals surface area contributed by atoms with Gasteiger partial charge in [-0.1, -0.05) is 48.5 Å². The van der Waals surface area contributed by atoms with Crippen LogP contribution in [0, 0.1) is 10.1 Å². The van der Waals surface area contributed by atoms with Crippen molar-refractivity contribution in [3.8, 4) is 11.6 Å². The van der Waals surface area contributed by atoms with Gasteiger partial charge in [0.25, 0.3) is 5.69 Å². The van der Waals surface area contributed by atoms with E-state index < -0.39 is 0 Å². The van der Waals surface area contributed by atoms with Gasteiger partial charge in [0.1, 0.15) is 18.4 Å². The van der Waals surface area contributed by atoms with Gasteiger partial charge in [-0.3, -0.25) is 10.1 Å². The second-order valence-electron chi connectivity index (χ2n) is 7.08. The molecule has 0 saturated heterocycles. The molecule has 0 spiro atoms. The van der Waals surface area contributed by atoms with Crippen LogP contribution >= 0.6 is 0 Å². The Hall–Kier alpha value is -4.33. The summed E-state index contributed by atoms with van der Waals surface area (Å²) in [4.78, 5) is 19.9. The number of benzene rings is 3. The van der Waals surface area contributed by atoms with Crippen molar-refractivity contribution in [1.29, 1.82) is 0 Å². The van der Waals surface area contributed by atoms with Crippen LogP contribution in [-0.4, -0.2) is 24.5 Å². The zero-order valence-electron chi connectivity index (χ0n) is 15.5. The summed E-state index contributed by atoms with van der Waals surface area (Å²) in [6, 6.07) is 18.6. The second-order valence-corrected chi connectivity index (χ2v) is 7.08. The molecule has 0 bridgehead atoms. The maximum atomic E-state index is 11.4. The lowest BCUT2D eigenvalue weighted by Gasteiger charge is -2.28. The van der Waals surface area contributed by atoms with E-state index in [1.54, 1.807) is 23.0 Å². The number of non-ortho nitro benzene ring substituents is 1. The van der Waals surface area contributed by atoms with Crippen LogP contribution in [0.3, 0.4) is 0 Å². The van der Waals surface area contributed by atoms with Crippen molar-refractivity contribution >= 4 is 22.1 Å². The first-order valence-corrected chi connectivity index (χ1v) is 9.33. The van der Waals surface area contributed by atoms with Crippen molar-refractivity contribution in [2.45, 2.75) is 5.92 Å². The summed E-state index contributed by atoms with van der Waals surface area (Å²) in [5.41, 5.74) is 3.04. The standard InChI is InChI=1S/C22H13N5O3/c28-27(29)15-6-3-5-14(10-15)18-17-9-8-13-4-1-2-7-16(13)20(17)30-22-19(18)21-23-11-25-26(21)12-24-22/h1-12,18H. The quantitative estimate of drug-likeness (QED) is 0.317. The molecule has 0 radical (unpaired) electrons. The molecule has 2 aromatic heterocycles. The number of hydrogen-bond acceptors (Lipinski definition) is 6. The minimum atomic E-state index is -0.388. The predicted octanol–water partition coefficient (Wildman–Crippen LogP) is 4.47. The molecule has 0 aliphatic carbocycles. The number of hydrogen-bond donors (Lipinski definition) is 0. The second kappa shape index (κ2) is 6.08. The third-order valence-electron chi connectivity index (χ3n) is 5.45. The minimum absolute atomic E-state index is 0.0317. The monoisotopic (exact) mass is 395 g/mol. The molecule has 0 fully saturated rings. The third kappa shape index (κ3) is 2.30. The van der Waals surface area contributed by atoms with Gasteiger partial charge in [0, 0.05) is 29.0 Å². The van der Waals surface area contributed by atoms with E-state index in [0.717, 1.165) is 27.5 Å². The number of rotatable bonds is 2. The molecule has 8 nitrogen and oxygen atoms in total. The van der Waals surface area contributed by atoms with Crippen molar-refractivity contribution in [2.75, 3.05) is 0 Å². The first-order valence-electron chi connectivity index (χ1n) is 9.33.